The monoisotopic (exact) mass is 290 g/mol. The molecule has 1 amide bonds. The summed E-state index contributed by atoms with van der Waals surface area (Å²) in [4.78, 5) is 14.1. The number of nitrogens with zero attached hydrogens (tertiary/aromatic N) is 1. The fourth-order valence-corrected chi connectivity index (χ4v) is 2.67. The lowest BCUT2D eigenvalue weighted by atomic mass is 10.0. The zero-order valence-corrected chi connectivity index (χ0v) is 13.2. The summed E-state index contributed by atoms with van der Waals surface area (Å²) in [6, 6.07) is 8.46. The van der Waals surface area contributed by atoms with E-state index in [2.05, 4.69) is 38.1 Å². The number of likely N-dealkylation sites (N-methyl/N-ethyl adjacent to an activating group) is 1. The van der Waals surface area contributed by atoms with Crippen LogP contribution in [0.1, 0.15) is 43.7 Å². The van der Waals surface area contributed by atoms with Crippen LogP contribution in [0.2, 0.25) is 0 Å². The molecule has 0 aromatic heterocycles. The number of nitrogens with two attached hydrogens (primary N) is 1. The Hall–Kier alpha value is -1.39. The minimum Gasteiger partial charge on any atom is -0.364 e. The molecule has 1 aliphatic heterocycles. The van der Waals surface area contributed by atoms with Crippen LogP contribution in [0.5, 0.6) is 0 Å². The van der Waals surface area contributed by atoms with E-state index in [1.54, 1.807) is 4.90 Å². The average molecular weight is 290 g/mol. The van der Waals surface area contributed by atoms with Crippen LogP contribution in [0.25, 0.3) is 0 Å². The van der Waals surface area contributed by atoms with Crippen molar-refractivity contribution in [2.75, 3.05) is 13.6 Å². The van der Waals surface area contributed by atoms with E-state index in [1.165, 1.54) is 5.56 Å². The first-order valence-electron chi connectivity index (χ1n) is 7.70. The van der Waals surface area contributed by atoms with E-state index >= 15 is 0 Å². The van der Waals surface area contributed by atoms with Crippen LogP contribution in [-0.4, -0.2) is 36.6 Å². The molecule has 0 bridgehead atoms. The van der Waals surface area contributed by atoms with Crippen LogP contribution in [0.15, 0.2) is 24.3 Å². The SMILES string of the molecule is CC(C)c1ccc(CN(C)C(=O)[C@@H]2CC[C@H](CN)O2)cc1. The fraction of sp³-hybridized carbons (Fsp3) is 0.588. The highest BCUT2D eigenvalue weighted by Gasteiger charge is 2.31. The molecule has 2 atom stereocenters. The Morgan fingerprint density at radius 3 is 2.52 bits per heavy atom. The van der Waals surface area contributed by atoms with E-state index in [1.807, 2.05) is 7.05 Å². The topological polar surface area (TPSA) is 55.6 Å². The molecule has 1 fully saturated rings. The van der Waals surface area contributed by atoms with Gasteiger partial charge in [0.05, 0.1) is 6.10 Å². The summed E-state index contributed by atoms with van der Waals surface area (Å²) in [5.41, 5.74) is 8.04. The number of hydrogen-bond acceptors (Lipinski definition) is 3. The van der Waals surface area contributed by atoms with Crippen LogP contribution in [0, 0.1) is 0 Å². The molecule has 0 aliphatic carbocycles. The van der Waals surface area contributed by atoms with Crippen LogP contribution in [-0.2, 0) is 16.1 Å². The van der Waals surface area contributed by atoms with E-state index in [0.717, 1.165) is 18.4 Å². The van der Waals surface area contributed by atoms with E-state index < -0.39 is 0 Å². The van der Waals surface area contributed by atoms with E-state index in [9.17, 15) is 4.79 Å². The maximum absolute atomic E-state index is 12.3. The third-order valence-corrected chi connectivity index (χ3v) is 4.09. The lowest BCUT2D eigenvalue weighted by Gasteiger charge is -2.21. The van der Waals surface area contributed by atoms with Crippen LogP contribution in [0.3, 0.4) is 0 Å². The van der Waals surface area contributed by atoms with Crippen molar-refractivity contribution in [2.45, 2.75) is 51.4 Å². The van der Waals surface area contributed by atoms with Gasteiger partial charge in [-0.25, -0.2) is 0 Å². The molecule has 2 N–H and O–H groups in total. The number of benzene rings is 1. The number of ether oxygens (including phenoxy) is 1. The molecule has 0 radical (unpaired) electrons. The molecule has 4 nitrogen and oxygen atoms in total. The van der Waals surface area contributed by atoms with Gasteiger partial charge in [-0.3, -0.25) is 4.79 Å². The van der Waals surface area contributed by atoms with Crippen LogP contribution in [0.4, 0.5) is 0 Å². The summed E-state index contributed by atoms with van der Waals surface area (Å²) in [6.45, 7) is 5.46. The predicted octanol–water partition coefficient (Wildman–Crippen LogP) is 2.27. The zero-order chi connectivity index (χ0) is 15.4. The number of hydrogen-bond donors (Lipinski definition) is 1. The predicted molar refractivity (Wildman–Crippen MR) is 84.0 cm³/mol. The number of carbonyl (C=O) groups excluding carboxylic acids is 1. The summed E-state index contributed by atoms with van der Waals surface area (Å²) >= 11 is 0. The number of rotatable bonds is 5. The normalized spacial score (nSPS) is 21.8. The summed E-state index contributed by atoms with van der Waals surface area (Å²) in [5.74, 6) is 0.581. The van der Waals surface area contributed by atoms with Crippen molar-refractivity contribution in [3.05, 3.63) is 35.4 Å². The summed E-state index contributed by atoms with van der Waals surface area (Å²) < 4.78 is 5.67. The second-order valence-corrected chi connectivity index (χ2v) is 6.15. The molecule has 4 heteroatoms. The maximum Gasteiger partial charge on any atom is 0.251 e. The lowest BCUT2D eigenvalue weighted by Crippen LogP contribution is -2.36. The molecule has 1 aromatic carbocycles. The third-order valence-electron chi connectivity index (χ3n) is 4.09. The van der Waals surface area contributed by atoms with Crippen molar-refractivity contribution >= 4 is 5.91 Å². The van der Waals surface area contributed by atoms with Gasteiger partial charge in [0.25, 0.3) is 5.91 Å². The molecule has 0 unspecified atom stereocenters. The van der Waals surface area contributed by atoms with Crippen molar-refractivity contribution in [1.29, 1.82) is 0 Å². The lowest BCUT2D eigenvalue weighted by molar-refractivity contribution is -0.141. The van der Waals surface area contributed by atoms with Gasteiger partial charge in [0.1, 0.15) is 6.10 Å². The minimum atomic E-state index is -0.321. The quantitative estimate of drug-likeness (QED) is 0.905. The van der Waals surface area contributed by atoms with Gasteiger partial charge in [0.2, 0.25) is 0 Å². The Labute approximate surface area is 127 Å². The molecule has 1 aliphatic rings. The summed E-state index contributed by atoms with van der Waals surface area (Å²) in [7, 11) is 1.83. The fourth-order valence-electron chi connectivity index (χ4n) is 2.67. The molecule has 21 heavy (non-hydrogen) atoms. The van der Waals surface area contributed by atoms with Gasteiger partial charge in [-0.1, -0.05) is 38.1 Å². The van der Waals surface area contributed by atoms with Crippen molar-refractivity contribution in [3.8, 4) is 0 Å². The third kappa shape index (κ3) is 4.05. The highest BCUT2D eigenvalue weighted by atomic mass is 16.5. The molecule has 1 aromatic rings. The van der Waals surface area contributed by atoms with Gasteiger partial charge < -0.3 is 15.4 Å². The zero-order valence-electron chi connectivity index (χ0n) is 13.2. The van der Waals surface area contributed by atoms with Crippen LogP contribution < -0.4 is 5.73 Å². The van der Waals surface area contributed by atoms with Crippen molar-refractivity contribution in [2.24, 2.45) is 5.73 Å². The first-order chi connectivity index (χ1) is 10.0. The number of carbonyl (C=O) groups is 1. The van der Waals surface area contributed by atoms with Crippen molar-refractivity contribution < 1.29 is 9.53 Å². The van der Waals surface area contributed by atoms with E-state index in [0.29, 0.717) is 19.0 Å². The molecular formula is C17H26N2O2. The van der Waals surface area contributed by atoms with Gasteiger partial charge in [-0.15, -0.1) is 0 Å². The van der Waals surface area contributed by atoms with Gasteiger partial charge in [0, 0.05) is 20.1 Å². The van der Waals surface area contributed by atoms with Gasteiger partial charge in [-0.2, -0.15) is 0 Å². The Morgan fingerprint density at radius 1 is 1.33 bits per heavy atom. The Balaban J connectivity index is 1.91. The summed E-state index contributed by atoms with van der Waals surface area (Å²) in [6.07, 6.45) is 1.37. The smallest absolute Gasteiger partial charge is 0.251 e. The first-order valence-corrected chi connectivity index (χ1v) is 7.70. The van der Waals surface area contributed by atoms with Gasteiger partial charge in [-0.05, 0) is 29.9 Å². The molecule has 0 saturated carbocycles. The van der Waals surface area contributed by atoms with Gasteiger partial charge in [0.15, 0.2) is 0 Å². The first kappa shape index (κ1) is 16.0. The second-order valence-electron chi connectivity index (χ2n) is 6.15. The number of amides is 1. The standard InChI is InChI=1S/C17H26N2O2/c1-12(2)14-6-4-13(5-7-14)11-19(3)17(20)16-9-8-15(10-18)21-16/h4-7,12,15-16H,8-11,18H2,1-3H3/t15-,16+/m1/s1. The average Bonchev–Trinajstić information content (AvgIpc) is 2.95. The highest BCUT2D eigenvalue weighted by Crippen LogP contribution is 2.21. The van der Waals surface area contributed by atoms with E-state index in [4.69, 9.17) is 10.5 Å². The molecular weight excluding hydrogens is 264 g/mol. The van der Waals surface area contributed by atoms with Gasteiger partial charge >= 0.3 is 0 Å². The summed E-state index contributed by atoms with van der Waals surface area (Å²) in [5, 5.41) is 0. The maximum atomic E-state index is 12.3. The molecule has 2 rings (SSSR count). The highest BCUT2D eigenvalue weighted by molar-refractivity contribution is 5.81. The van der Waals surface area contributed by atoms with Crippen molar-refractivity contribution in [1.82, 2.24) is 4.90 Å². The van der Waals surface area contributed by atoms with Crippen LogP contribution >= 0.6 is 0 Å². The Kier molecular flexibility index (Phi) is 5.37. The molecule has 1 saturated heterocycles. The van der Waals surface area contributed by atoms with E-state index in [-0.39, 0.29) is 18.1 Å². The molecule has 1 heterocycles. The Bertz CT molecular complexity index is 470. The Morgan fingerprint density at radius 2 is 2.00 bits per heavy atom. The minimum absolute atomic E-state index is 0.0395. The second kappa shape index (κ2) is 7.05. The largest absolute Gasteiger partial charge is 0.364 e. The molecule has 116 valence electrons. The molecule has 0 spiro atoms. The van der Waals surface area contributed by atoms with Crippen molar-refractivity contribution in [3.63, 3.8) is 0 Å².